The Morgan fingerprint density at radius 2 is 1.74 bits per heavy atom. The molecule has 2 aliphatic carbocycles. The summed E-state index contributed by atoms with van der Waals surface area (Å²) >= 11 is 0. The van der Waals surface area contributed by atoms with E-state index in [4.69, 9.17) is 34.6 Å². The standard InChI is InChI=1S/C48H50N8O18/c1-20-38(61)27(14-32(72-20)73-29-16-48(69,30(59)19-58)15-25-34(29)42(65)36-35(40(25)63)39(62)24-4-3-5-28(70-2)33(24)41(36)64)56-74-46(68)26(10-11-31(60)71-13-12-57)53-44(66)21-6-8-22(9-7-21)50-17-23-18-51-43-37(52-23)45(67)55-47(49)54-43/h3-9,18,20,26-27,29,32,38,50,56-58,61,63,65,69H,10-17,19H2,1-2H3,(H,53,66)(H3,49,51,54,55,67)/t20?,26-,27?,29-,32?,38?,48-/m0/s1. The molecule has 5 aromatic rings. The lowest BCUT2D eigenvalue weighted by Crippen LogP contribution is -2.55. The van der Waals surface area contributed by atoms with Gasteiger partial charge in [-0.15, -0.1) is 5.48 Å². The Bertz CT molecular complexity index is 3110. The molecule has 4 unspecified atom stereocenters. The van der Waals surface area contributed by atoms with Gasteiger partial charge in [-0.2, -0.15) is 4.98 Å². The fourth-order valence-corrected chi connectivity index (χ4v) is 9.02. The second-order valence-corrected chi connectivity index (χ2v) is 17.6. The van der Waals surface area contributed by atoms with Crippen molar-refractivity contribution in [1.82, 2.24) is 30.7 Å². The molecular formula is C48H50N8O18. The molecule has 26 nitrogen and oxygen atoms in total. The van der Waals surface area contributed by atoms with E-state index in [0.29, 0.717) is 11.4 Å². The van der Waals surface area contributed by atoms with E-state index >= 15 is 0 Å². The molecule has 1 fully saturated rings. The number of rotatable bonds is 18. The number of aliphatic hydroxyl groups is 4. The number of ketones is 3. The van der Waals surface area contributed by atoms with Gasteiger partial charge in [0, 0.05) is 53.6 Å². The summed E-state index contributed by atoms with van der Waals surface area (Å²) in [5.74, 6) is -7.28. The van der Waals surface area contributed by atoms with E-state index < -0.39 is 138 Å². The van der Waals surface area contributed by atoms with Crippen LogP contribution in [0.2, 0.25) is 0 Å². The van der Waals surface area contributed by atoms with Crippen molar-refractivity contribution in [3.05, 3.63) is 104 Å². The quantitative estimate of drug-likeness (QED) is 0.0292. The number of benzene rings is 3. The number of anilines is 2. The molecule has 0 radical (unpaired) electrons. The normalized spacial score (nSPS) is 21.4. The summed E-state index contributed by atoms with van der Waals surface area (Å²) in [7, 11) is 1.27. The molecule has 3 aliphatic rings. The Morgan fingerprint density at radius 1 is 1.00 bits per heavy atom. The van der Waals surface area contributed by atoms with E-state index in [-0.39, 0.29) is 76.7 Å². The molecule has 390 valence electrons. The monoisotopic (exact) mass is 1030 g/mol. The highest BCUT2D eigenvalue weighted by Gasteiger charge is 2.50. The third-order valence-electron chi connectivity index (χ3n) is 12.8. The number of aromatic hydroxyl groups is 2. The molecule has 0 saturated carbocycles. The Hall–Kier alpha value is -7.98. The molecule has 1 amide bonds. The van der Waals surface area contributed by atoms with Crippen molar-refractivity contribution in [2.24, 2.45) is 0 Å². The lowest BCUT2D eigenvalue weighted by molar-refractivity contribution is -0.257. The number of hydrogen-bond acceptors (Lipinski definition) is 24. The first-order valence-corrected chi connectivity index (χ1v) is 23.0. The lowest BCUT2D eigenvalue weighted by atomic mass is 9.72. The van der Waals surface area contributed by atoms with Gasteiger partial charge in [-0.1, -0.05) is 12.1 Å². The number of aromatic amines is 1. The summed E-state index contributed by atoms with van der Waals surface area (Å²) < 4.78 is 22.4. The van der Waals surface area contributed by atoms with Gasteiger partial charge in [0.2, 0.25) is 11.7 Å². The first kappa shape index (κ1) is 52.3. The number of phenolic OH excluding ortho intramolecular Hbond substituents is 2. The molecule has 3 aromatic carbocycles. The highest BCUT2D eigenvalue weighted by atomic mass is 16.7. The van der Waals surface area contributed by atoms with Gasteiger partial charge in [-0.25, -0.2) is 14.8 Å². The topological polar surface area (TPSA) is 404 Å². The number of methoxy groups -OCH3 is 1. The molecule has 0 bridgehead atoms. The average molecular weight is 1030 g/mol. The number of aromatic nitrogens is 4. The zero-order valence-corrected chi connectivity index (χ0v) is 39.4. The maximum absolute atomic E-state index is 14.1. The number of H-pyrrole nitrogens is 1. The second-order valence-electron chi connectivity index (χ2n) is 17.6. The van der Waals surface area contributed by atoms with Gasteiger partial charge in [0.15, 0.2) is 29.0 Å². The minimum Gasteiger partial charge on any atom is -0.507 e. The van der Waals surface area contributed by atoms with Crippen LogP contribution in [0.4, 0.5) is 11.6 Å². The number of nitrogens with two attached hydrogens (primary N) is 1. The van der Waals surface area contributed by atoms with Crippen LogP contribution in [-0.2, 0) is 46.4 Å². The number of aliphatic hydroxyl groups excluding tert-OH is 3. The molecule has 74 heavy (non-hydrogen) atoms. The van der Waals surface area contributed by atoms with Crippen LogP contribution < -0.4 is 32.1 Å². The van der Waals surface area contributed by atoms with Crippen LogP contribution in [0.25, 0.3) is 11.2 Å². The molecule has 1 saturated heterocycles. The van der Waals surface area contributed by atoms with Crippen LogP contribution in [-0.4, -0.2) is 149 Å². The maximum Gasteiger partial charge on any atom is 0.347 e. The third-order valence-corrected chi connectivity index (χ3v) is 12.8. The predicted octanol–water partition coefficient (Wildman–Crippen LogP) is -0.574. The first-order chi connectivity index (χ1) is 35.4. The molecule has 12 N–H and O–H groups in total. The number of nitrogen functional groups attached to an aromatic ring is 1. The number of carbonyl (C=O) groups excluding carboxylic acids is 6. The molecule has 7 atom stereocenters. The summed E-state index contributed by atoms with van der Waals surface area (Å²) in [4.78, 5) is 113. The Kier molecular flexibility index (Phi) is 15.3. The van der Waals surface area contributed by atoms with Crippen molar-refractivity contribution in [2.75, 3.05) is 38.0 Å². The van der Waals surface area contributed by atoms with Crippen molar-refractivity contribution in [3.63, 3.8) is 0 Å². The van der Waals surface area contributed by atoms with Crippen LogP contribution in [0, 0.1) is 0 Å². The number of amides is 1. The van der Waals surface area contributed by atoms with Gasteiger partial charge in [0.1, 0.15) is 42.1 Å². The van der Waals surface area contributed by atoms with Gasteiger partial charge < -0.3 is 75.8 Å². The molecule has 2 aromatic heterocycles. The van der Waals surface area contributed by atoms with Crippen LogP contribution in [0.3, 0.4) is 0 Å². The van der Waals surface area contributed by atoms with E-state index in [1.165, 1.54) is 50.6 Å². The number of Topliss-reactive ketones (excluding diaryl/α,β-unsaturated/α-hetero) is 1. The molecule has 0 spiro atoms. The van der Waals surface area contributed by atoms with Crippen molar-refractivity contribution in [1.29, 1.82) is 0 Å². The van der Waals surface area contributed by atoms with Crippen molar-refractivity contribution >= 4 is 58.0 Å². The van der Waals surface area contributed by atoms with Crippen molar-refractivity contribution < 1.29 is 83.2 Å². The number of esters is 1. The van der Waals surface area contributed by atoms with Crippen molar-refractivity contribution in [3.8, 4) is 17.2 Å². The number of fused-ring (bicyclic) bond motifs is 4. The summed E-state index contributed by atoms with van der Waals surface area (Å²) in [5, 5.41) is 71.1. The summed E-state index contributed by atoms with van der Waals surface area (Å²) in [6.07, 6.45) is -6.64. The van der Waals surface area contributed by atoms with E-state index in [0.717, 1.165) is 0 Å². The smallest absolute Gasteiger partial charge is 0.347 e. The van der Waals surface area contributed by atoms with Gasteiger partial charge in [0.25, 0.3) is 5.91 Å². The Morgan fingerprint density at radius 3 is 2.46 bits per heavy atom. The largest absolute Gasteiger partial charge is 0.507 e. The number of nitrogens with zero attached hydrogens (tertiary/aromatic N) is 3. The highest BCUT2D eigenvalue weighted by Crippen LogP contribution is 2.52. The maximum atomic E-state index is 14.1. The Labute approximate surface area is 417 Å². The number of hydroxylamine groups is 1. The SMILES string of the molecule is COc1cccc2c1C(=O)c1c(O)c3c(c(O)c1C2=O)C[C@@](O)(C(=O)CO)C[C@@H]3OC1CC(NOC(=O)[C@H](CCC(=O)OCCO)NC(=O)c2ccc(NCc3cnc4[nH]c(N)nc(=O)c4n3)cc2)C(O)C(C)O1. The summed E-state index contributed by atoms with van der Waals surface area (Å²) in [6.45, 7) is -0.385. The van der Waals surface area contributed by atoms with Crippen molar-refractivity contribution in [2.45, 2.75) is 87.9 Å². The molecule has 26 heteroatoms. The number of ether oxygens (including phenoxy) is 4. The number of carbonyl (C=O) groups is 6. The summed E-state index contributed by atoms with van der Waals surface area (Å²) in [5.41, 5.74) is 3.94. The van der Waals surface area contributed by atoms with E-state index in [2.05, 4.69) is 36.0 Å². The van der Waals surface area contributed by atoms with E-state index in [1.54, 1.807) is 12.1 Å². The summed E-state index contributed by atoms with van der Waals surface area (Å²) in [6, 6.07) is 7.45. The minimum absolute atomic E-state index is 0.00725. The zero-order valence-electron chi connectivity index (χ0n) is 39.4. The van der Waals surface area contributed by atoms with E-state index in [9.17, 15) is 59.1 Å². The third kappa shape index (κ3) is 10.4. The number of hydrogen-bond donors (Lipinski definition) is 11. The van der Waals surface area contributed by atoms with Crippen LogP contribution in [0.5, 0.6) is 17.2 Å². The minimum atomic E-state index is -2.45. The van der Waals surface area contributed by atoms with E-state index in [1.807, 2.05) is 0 Å². The first-order valence-electron chi connectivity index (χ1n) is 23.0. The molecule has 1 aliphatic heterocycles. The van der Waals surface area contributed by atoms with Crippen LogP contribution in [0.1, 0.15) is 97.7 Å². The zero-order chi connectivity index (χ0) is 53.2. The van der Waals surface area contributed by atoms with Gasteiger partial charge in [0.05, 0.1) is 73.2 Å². The number of nitrogens with one attached hydrogen (secondary N) is 4. The highest BCUT2D eigenvalue weighted by molar-refractivity contribution is 6.31. The molecule has 3 heterocycles. The van der Waals surface area contributed by atoms with Gasteiger partial charge in [-0.3, -0.25) is 28.8 Å². The average Bonchev–Trinajstić information content (AvgIpc) is 3.39. The predicted molar refractivity (Wildman–Crippen MR) is 251 cm³/mol. The fraction of sp³-hybridized carbons (Fsp3) is 0.375. The van der Waals surface area contributed by atoms with Crippen LogP contribution in [0.15, 0.2) is 53.5 Å². The molecule has 8 rings (SSSR count). The second kappa shape index (κ2) is 21.6. The Balaban J connectivity index is 0.976. The number of phenols is 2. The molecular weight excluding hydrogens is 977 g/mol. The van der Waals surface area contributed by atoms with Crippen LogP contribution >= 0.6 is 0 Å². The lowest BCUT2D eigenvalue weighted by Gasteiger charge is -2.42. The van der Waals surface area contributed by atoms with Gasteiger partial charge in [-0.05, 0) is 43.7 Å². The fourth-order valence-electron chi connectivity index (χ4n) is 9.02. The van der Waals surface area contributed by atoms with Gasteiger partial charge >= 0.3 is 17.5 Å².